The number of fused-ring (bicyclic) bond motifs is 1. The van der Waals surface area contributed by atoms with Crippen molar-refractivity contribution in [3.05, 3.63) is 65.9 Å². The molecule has 1 aromatic carbocycles. The third kappa shape index (κ3) is 3.27. The third-order valence-corrected chi connectivity index (χ3v) is 3.82. The number of nitrogen functional groups attached to an aromatic ring is 1. The first-order valence-corrected chi connectivity index (χ1v) is 7.72. The van der Waals surface area contributed by atoms with Gasteiger partial charge in [0.25, 0.3) is 0 Å². The van der Waals surface area contributed by atoms with Crippen LogP contribution in [0, 0.1) is 5.41 Å². The van der Waals surface area contributed by atoms with Crippen LogP contribution in [0.4, 0.5) is 11.5 Å². The van der Waals surface area contributed by atoms with Crippen LogP contribution >= 0.6 is 0 Å². The normalized spacial score (nSPS) is 11.4. The van der Waals surface area contributed by atoms with Gasteiger partial charge in [-0.05, 0) is 35.9 Å². The lowest BCUT2D eigenvalue weighted by Gasteiger charge is -2.11. The van der Waals surface area contributed by atoms with E-state index >= 15 is 0 Å². The Morgan fingerprint density at radius 3 is 2.92 bits per heavy atom. The Balaban J connectivity index is 1.82. The van der Waals surface area contributed by atoms with Crippen LogP contribution in [-0.4, -0.2) is 24.0 Å². The predicted octanol–water partition coefficient (Wildman–Crippen LogP) is 2.45. The molecule has 118 valence electrons. The minimum atomic E-state index is 0.585. The van der Waals surface area contributed by atoms with E-state index in [9.17, 15) is 0 Å². The number of aromatic nitrogens is 2. The molecule has 0 saturated carbocycles. The molecule has 0 aliphatic heterocycles. The molecule has 2 heterocycles. The zero-order valence-corrected chi connectivity index (χ0v) is 13.5. The molecule has 0 bridgehead atoms. The maximum absolute atomic E-state index is 7.44. The van der Waals surface area contributed by atoms with Gasteiger partial charge in [0.15, 0.2) is 0 Å². The SMILES string of the molecule is B/C=C(\C=N)c1ccc(N)c(NCc2ccc3ncccc3c2)n1. The summed E-state index contributed by atoms with van der Waals surface area (Å²) in [6.45, 7) is 0.612. The first-order valence-electron chi connectivity index (χ1n) is 7.72. The maximum Gasteiger partial charge on any atom is 0.150 e. The van der Waals surface area contributed by atoms with Gasteiger partial charge in [0.05, 0.1) is 16.9 Å². The highest BCUT2D eigenvalue weighted by atomic mass is 15.0. The number of hydrogen-bond donors (Lipinski definition) is 3. The molecule has 0 unspecified atom stereocenters. The van der Waals surface area contributed by atoms with Gasteiger partial charge in [-0.1, -0.05) is 12.1 Å². The molecule has 4 N–H and O–H groups in total. The van der Waals surface area contributed by atoms with Gasteiger partial charge in [-0.15, -0.1) is 5.98 Å². The lowest BCUT2D eigenvalue weighted by atomic mass is 10.0. The van der Waals surface area contributed by atoms with Crippen molar-refractivity contribution in [3.63, 3.8) is 0 Å². The molecule has 2 aromatic heterocycles. The van der Waals surface area contributed by atoms with Crippen LogP contribution in [0.3, 0.4) is 0 Å². The molecule has 3 aromatic rings. The molecule has 0 fully saturated rings. The van der Waals surface area contributed by atoms with E-state index in [0.717, 1.165) is 27.7 Å². The number of allylic oxidation sites excluding steroid dienone is 1. The van der Waals surface area contributed by atoms with Gasteiger partial charge in [-0.25, -0.2) is 4.98 Å². The summed E-state index contributed by atoms with van der Waals surface area (Å²) in [6, 6.07) is 13.7. The van der Waals surface area contributed by atoms with Crippen LogP contribution < -0.4 is 11.1 Å². The van der Waals surface area contributed by atoms with Gasteiger partial charge in [0.1, 0.15) is 13.7 Å². The van der Waals surface area contributed by atoms with Crippen molar-refractivity contribution in [1.82, 2.24) is 9.97 Å². The largest absolute Gasteiger partial charge is 0.396 e. The van der Waals surface area contributed by atoms with Crippen molar-refractivity contribution in [2.24, 2.45) is 0 Å². The van der Waals surface area contributed by atoms with E-state index in [-0.39, 0.29) is 0 Å². The second-order valence-corrected chi connectivity index (χ2v) is 5.41. The molecular weight excluding hydrogens is 297 g/mol. The van der Waals surface area contributed by atoms with Crippen LogP contribution in [0.25, 0.3) is 16.5 Å². The number of nitrogens with one attached hydrogen (secondary N) is 2. The van der Waals surface area contributed by atoms with Crippen LogP contribution in [0.5, 0.6) is 0 Å². The van der Waals surface area contributed by atoms with E-state index < -0.39 is 0 Å². The van der Waals surface area contributed by atoms with Crippen LogP contribution in [0.15, 0.2) is 54.6 Å². The van der Waals surface area contributed by atoms with Crippen molar-refractivity contribution < 1.29 is 0 Å². The van der Waals surface area contributed by atoms with Gasteiger partial charge in [-0.2, -0.15) is 0 Å². The van der Waals surface area contributed by atoms with Crippen LogP contribution in [0.1, 0.15) is 11.3 Å². The van der Waals surface area contributed by atoms with Gasteiger partial charge in [-0.3, -0.25) is 4.98 Å². The average Bonchev–Trinajstić information content (AvgIpc) is 2.62. The number of pyridine rings is 2. The number of hydrogen-bond acceptors (Lipinski definition) is 5. The minimum absolute atomic E-state index is 0.585. The van der Waals surface area contributed by atoms with Crippen molar-refractivity contribution in [2.75, 3.05) is 11.1 Å². The van der Waals surface area contributed by atoms with E-state index in [2.05, 4.69) is 21.4 Å². The van der Waals surface area contributed by atoms with Gasteiger partial charge < -0.3 is 16.5 Å². The Morgan fingerprint density at radius 1 is 1.25 bits per heavy atom. The first-order chi connectivity index (χ1) is 11.7. The molecule has 6 heteroatoms. The summed E-state index contributed by atoms with van der Waals surface area (Å²) in [6.07, 6.45) is 3.08. The summed E-state index contributed by atoms with van der Waals surface area (Å²) >= 11 is 0. The number of rotatable bonds is 5. The number of anilines is 2. The standard InChI is InChI=1S/C18H18BN5/c19-9-14(10-20)17-6-4-15(21)18(24-17)23-11-12-3-5-16-13(8-12)2-1-7-22-16/h1-10,20H,11,19,21H2,(H,23,24)/b14-9+,20-10?. The number of nitrogens with two attached hydrogens (primary N) is 1. The minimum Gasteiger partial charge on any atom is -0.396 e. The summed E-state index contributed by atoms with van der Waals surface area (Å²) in [5, 5.41) is 11.8. The molecule has 0 saturated heterocycles. The summed E-state index contributed by atoms with van der Waals surface area (Å²) in [4.78, 5) is 8.85. The Bertz CT molecular complexity index is 920. The Kier molecular flexibility index (Phi) is 4.56. The van der Waals surface area contributed by atoms with Gasteiger partial charge in [0, 0.05) is 29.9 Å². The summed E-state index contributed by atoms with van der Waals surface area (Å²) in [5.41, 5.74) is 10.2. The zero-order valence-electron chi connectivity index (χ0n) is 13.5. The van der Waals surface area contributed by atoms with Crippen LogP contribution in [-0.2, 0) is 6.54 Å². The second kappa shape index (κ2) is 6.96. The lowest BCUT2D eigenvalue weighted by Crippen LogP contribution is -2.06. The monoisotopic (exact) mass is 315 g/mol. The number of nitrogens with zero attached hydrogens (tertiary/aromatic N) is 2. The maximum atomic E-state index is 7.44. The van der Waals surface area contributed by atoms with Gasteiger partial charge in [0.2, 0.25) is 0 Å². The van der Waals surface area contributed by atoms with E-state index in [0.29, 0.717) is 18.1 Å². The first kappa shape index (κ1) is 15.7. The smallest absolute Gasteiger partial charge is 0.150 e. The van der Waals surface area contributed by atoms with Crippen molar-refractivity contribution >= 4 is 42.0 Å². The highest BCUT2D eigenvalue weighted by molar-refractivity contribution is 6.26. The molecule has 5 nitrogen and oxygen atoms in total. The van der Waals surface area contributed by atoms with E-state index in [4.69, 9.17) is 11.1 Å². The highest BCUT2D eigenvalue weighted by Crippen LogP contribution is 2.21. The Morgan fingerprint density at radius 2 is 2.12 bits per heavy atom. The molecule has 0 aliphatic rings. The Labute approximate surface area is 141 Å². The van der Waals surface area contributed by atoms with Crippen molar-refractivity contribution in [3.8, 4) is 0 Å². The van der Waals surface area contributed by atoms with Crippen molar-refractivity contribution in [2.45, 2.75) is 6.54 Å². The lowest BCUT2D eigenvalue weighted by molar-refractivity contribution is 1.11. The highest BCUT2D eigenvalue weighted by Gasteiger charge is 2.06. The van der Waals surface area contributed by atoms with E-state index in [1.54, 1.807) is 6.20 Å². The molecule has 0 atom stereocenters. The third-order valence-electron chi connectivity index (χ3n) is 3.82. The quantitative estimate of drug-likeness (QED) is 0.498. The molecule has 3 rings (SSSR count). The fraction of sp³-hybridized carbons (Fsp3) is 0.0556. The molecular formula is C18H18BN5. The fourth-order valence-electron chi connectivity index (χ4n) is 2.50. The second-order valence-electron chi connectivity index (χ2n) is 5.41. The topological polar surface area (TPSA) is 87.7 Å². The number of benzene rings is 1. The predicted molar refractivity (Wildman–Crippen MR) is 103 cm³/mol. The average molecular weight is 315 g/mol. The molecule has 24 heavy (non-hydrogen) atoms. The van der Waals surface area contributed by atoms with Gasteiger partial charge >= 0.3 is 0 Å². The fourth-order valence-corrected chi connectivity index (χ4v) is 2.50. The molecule has 0 amide bonds. The summed E-state index contributed by atoms with van der Waals surface area (Å²) < 4.78 is 0. The zero-order chi connectivity index (χ0) is 16.9. The van der Waals surface area contributed by atoms with E-state index in [1.807, 2.05) is 50.2 Å². The molecule has 0 spiro atoms. The molecule has 0 aliphatic carbocycles. The molecule has 0 radical (unpaired) electrons. The van der Waals surface area contributed by atoms with Crippen LogP contribution in [0.2, 0.25) is 0 Å². The van der Waals surface area contributed by atoms with Crippen molar-refractivity contribution in [1.29, 1.82) is 5.41 Å². The summed E-state index contributed by atoms with van der Waals surface area (Å²) in [7, 11) is 1.88. The van der Waals surface area contributed by atoms with E-state index in [1.165, 1.54) is 6.21 Å². The Hall–Kier alpha value is -3.15. The summed E-state index contributed by atoms with van der Waals surface area (Å²) in [5.74, 6) is 2.48.